The first kappa shape index (κ1) is 12.6. The number of Topliss-reactive ketones (excluding diaryl/α,β-unsaturated/α-hetero) is 1. The van der Waals surface area contributed by atoms with Gasteiger partial charge in [-0.2, -0.15) is 0 Å². The lowest BCUT2D eigenvalue weighted by Gasteiger charge is -2.04. The average Bonchev–Trinajstić information content (AvgIpc) is 2.78. The molecule has 1 heterocycles. The molecule has 0 amide bonds. The molecule has 0 aliphatic heterocycles. The second-order valence-electron chi connectivity index (χ2n) is 4.05. The predicted octanol–water partition coefficient (Wildman–Crippen LogP) is 1.86. The van der Waals surface area contributed by atoms with Crippen molar-refractivity contribution in [2.45, 2.75) is 18.2 Å². The maximum Gasteiger partial charge on any atom is 0.267 e. The second kappa shape index (κ2) is 4.78. The van der Waals surface area contributed by atoms with E-state index in [2.05, 4.69) is 0 Å². The maximum absolute atomic E-state index is 12.2. The van der Waals surface area contributed by atoms with Crippen molar-refractivity contribution in [3.05, 3.63) is 54.4 Å². The average molecular weight is 263 g/mol. The van der Waals surface area contributed by atoms with Crippen molar-refractivity contribution >= 4 is 15.8 Å². The summed E-state index contributed by atoms with van der Waals surface area (Å²) in [4.78, 5) is 11.2. The number of ketones is 1. The van der Waals surface area contributed by atoms with E-state index in [0.29, 0.717) is 5.56 Å². The van der Waals surface area contributed by atoms with Crippen molar-refractivity contribution in [1.82, 2.24) is 3.97 Å². The Morgan fingerprint density at radius 3 is 2.44 bits per heavy atom. The first-order valence-electron chi connectivity index (χ1n) is 5.47. The minimum atomic E-state index is -3.55. The zero-order valence-corrected chi connectivity index (χ0v) is 10.7. The van der Waals surface area contributed by atoms with E-state index in [1.54, 1.807) is 36.4 Å². The van der Waals surface area contributed by atoms with E-state index in [1.807, 2.05) is 0 Å². The Balaban J connectivity index is 2.37. The quantitative estimate of drug-likeness (QED) is 0.846. The third-order valence-corrected chi connectivity index (χ3v) is 4.15. The number of hydrogen-bond donors (Lipinski definition) is 0. The molecule has 1 aromatic heterocycles. The van der Waals surface area contributed by atoms with Crippen LogP contribution in [0.1, 0.15) is 12.5 Å². The fourth-order valence-corrected chi connectivity index (χ4v) is 2.91. The van der Waals surface area contributed by atoms with Crippen LogP contribution < -0.4 is 0 Å². The normalized spacial score (nSPS) is 11.4. The van der Waals surface area contributed by atoms with Gasteiger partial charge >= 0.3 is 0 Å². The van der Waals surface area contributed by atoms with Gasteiger partial charge in [-0.1, -0.05) is 18.2 Å². The lowest BCUT2D eigenvalue weighted by molar-refractivity contribution is -0.116. The van der Waals surface area contributed by atoms with E-state index in [1.165, 1.54) is 19.3 Å². The Morgan fingerprint density at radius 2 is 1.83 bits per heavy atom. The molecule has 0 saturated carbocycles. The molecule has 0 aliphatic carbocycles. The Labute approximate surface area is 106 Å². The Morgan fingerprint density at radius 1 is 1.17 bits per heavy atom. The molecule has 0 radical (unpaired) electrons. The molecule has 0 fully saturated rings. The van der Waals surface area contributed by atoms with Gasteiger partial charge in [0.2, 0.25) is 0 Å². The number of rotatable bonds is 4. The summed E-state index contributed by atoms with van der Waals surface area (Å²) in [5.41, 5.74) is 0.696. The van der Waals surface area contributed by atoms with Crippen LogP contribution in [0.25, 0.3) is 0 Å². The zero-order chi connectivity index (χ0) is 13.2. The molecule has 0 atom stereocenters. The second-order valence-corrected chi connectivity index (χ2v) is 5.89. The SMILES string of the molecule is CC(=O)Cc1ccn(S(=O)(=O)c2ccccc2)c1. The molecule has 5 heteroatoms. The van der Waals surface area contributed by atoms with Crippen LogP contribution in [0, 0.1) is 0 Å². The summed E-state index contributed by atoms with van der Waals surface area (Å²) < 4.78 is 25.6. The van der Waals surface area contributed by atoms with Gasteiger partial charge in [0.05, 0.1) is 4.90 Å². The number of aromatic nitrogens is 1. The highest BCUT2D eigenvalue weighted by Crippen LogP contribution is 2.14. The fourth-order valence-electron chi connectivity index (χ4n) is 1.67. The molecule has 0 saturated heterocycles. The Hall–Kier alpha value is -1.88. The minimum absolute atomic E-state index is 0.00450. The van der Waals surface area contributed by atoms with Crippen LogP contribution >= 0.6 is 0 Å². The van der Waals surface area contributed by atoms with Crippen molar-refractivity contribution in [1.29, 1.82) is 0 Å². The molecule has 2 aromatic rings. The monoisotopic (exact) mass is 263 g/mol. The lowest BCUT2D eigenvalue weighted by Crippen LogP contribution is -2.10. The van der Waals surface area contributed by atoms with Gasteiger partial charge in [-0.15, -0.1) is 0 Å². The minimum Gasteiger partial charge on any atom is -0.300 e. The summed E-state index contributed by atoms with van der Waals surface area (Å²) in [6, 6.07) is 9.83. The highest BCUT2D eigenvalue weighted by molar-refractivity contribution is 7.90. The number of nitrogens with zero attached hydrogens (tertiary/aromatic N) is 1. The molecule has 18 heavy (non-hydrogen) atoms. The van der Waals surface area contributed by atoms with Crippen LogP contribution in [-0.2, 0) is 21.2 Å². The molecule has 0 bridgehead atoms. The lowest BCUT2D eigenvalue weighted by atomic mass is 10.2. The van der Waals surface area contributed by atoms with Crippen molar-refractivity contribution in [3.63, 3.8) is 0 Å². The summed E-state index contributed by atoms with van der Waals surface area (Å²) in [5.74, 6) is 0.00450. The molecule has 1 aromatic carbocycles. The largest absolute Gasteiger partial charge is 0.300 e. The molecular formula is C13H13NO3S. The van der Waals surface area contributed by atoms with Gasteiger partial charge in [-0.05, 0) is 30.7 Å². The van der Waals surface area contributed by atoms with Gasteiger partial charge in [-0.25, -0.2) is 12.4 Å². The van der Waals surface area contributed by atoms with E-state index in [0.717, 1.165) is 3.97 Å². The highest BCUT2D eigenvalue weighted by Gasteiger charge is 2.16. The number of benzene rings is 1. The summed E-state index contributed by atoms with van der Waals surface area (Å²) in [6.45, 7) is 1.48. The summed E-state index contributed by atoms with van der Waals surface area (Å²) in [7, 11) is -3.55. The van der Waals surface area contributed by atoms with Gasteiger partial charge in [0.15, 0.2) is 0 Å². The van der Waals surface area contributed by atoms with Crippen molar-refractivity contribution in [2.24, 2.45) is 0 Å². The van der Waals surface area contributed by atoms with Crippen LogP contribution in [0.4, 0.5) is 0 Å². The Kier molecular flexibility index (Phi) is 3.34. The molecule has 94 valence electrons. The first-order valence-corrected chi connectivity index (χ1v) is 6.91. The van der Waals surface area contributed by atoms with Crippen LogP contribution in [0.5, 0.6) is 0 Å². The van der Waals surface area contributed by atoms with Crippen LogP contribution in [-0.4, -0.2) is 18.2 Å². The third-order valence-electron chi connectivity index (χ3n) is 2.50. The fraction of sp³-hybridized carbons (Fsp3) is 0.154. The highest BCUT2D eigenvalue weighted by atomic mass is 32.2. The smallest absolute Gasteiger partial charge is 0.267 e. The summed E-state index contributed by atoms with van der Waals surface area (Å²) in [5, 5.41) is 0. The van der Waals surface area contributed by atoms with Gasteiger partial charge < -0.3 is 0 Å². The van der Waals surface area contributed by atoms with E-state index in [-0.39, 0.29) is 17.1 Å². The van der Waals surface area contributed by atoms with Gasteiger partial charge in [-0.3, -0.25) is 4.79 Å². The number of carbonyl (C=O) groups is 1. The van der Waals surface area contributed by atoms with Gasteiger partial charge in [0.1, 0.15) is 5.78 Å². The van der Waals surface area contributed by atoms with Gasteiger partial charge in [0, 0.05) is 18.8 Å². The molecule has 0 N–H and O–H groups in total. The molecular weight excluding hydrogens is 250 g/mol. The topological polar surface area (TPSA) is 56.1 Å². The number of carbonyl (C=O) groups excluding carboxylic acids is 1. The molecule has 0 spiro atoms. The van der Waals surface area contributed by atoms with Gasteiger partial charge in [0.25, 0.3) is 10.0 Å². The maximum atomic E-state index is 12.2. The van der Waals surface area contributed by atoms with Crippen molar-refractivity contribution in [3.8, 4) is 0 Å². The summed E-state index contributed by atoms with van der Waals surface area (Å²) >= 11 is 0. The first-order chi connectivity index (χ1) is 8.50. The van der Waals surface area contributed by atoms with Crippen molar-refractivity contribution < 1.29 is 13.2 Å². The number of hydrogen-bond acceptors (Lipinski definition) is 3. The van der Waals surface area contributed by atoms with E-state index in [4.69, 9.17) is 0 Å². The zero-order valence-electron chi connectivity index (χ0n) is 9.91. The van der Waals surface area contributed by atoms with E-state index in [9.17, 15) is 13.2 Å². The third kappa shape index (κ3) is 2.51. The Bertz CT molecular complexity index is 657. The predicted molar refractivity (Wildman–Crippen MR) is 67.8 cm³/mol. The molecule has 4 nitrogen and oxygen atoms in total. The van der Waals surface area contributed by atoms with E-state index >= 15 is 0 Å². The van der Waals surface area contributed by atoms with Crippen molar-refractivity contribution in [2.75, 3.05) is 0 Å². The summed E-state index contributed by atoms with van der Waals surface area (Å²) in [6.07, 6.45) is 3.18. The van der Waals surface area contributed by atoms with Crippen LogP contribution in [0.2, 0.25) is 0 Å². The standard InChI is InChI=1S/C13H13NO3S/c1-11(15)9-12-7-8-14(10-12)18(16,17)13-5-3-2-4-6-13/h2-8,10H,9H2,1H3. The molecule has 0 unspecified atom stereocenters. The van der Waals surface area contributed by atoms with Crippen LogP contribution in [0.15, 0.2) is 53.7 Å². The molecule has 0 aliphatic rings. The van der Waals surface area contributed by atoms with Crippen LogP contribution in [0.3, 0.4) is 0 Å². The van der Waals surface area contributed by atoms with E-state index < -0.39 is 10.0 Å². The molecule has 2 rings (SSSR count).